The molecule has 5 nitrogen and oxygen atoms in total. The maximum atomic E-state index is 13.6. The molecule has 6 heteroatoms. The van der Waals surface area contributed by atoms with E-state index >= 15 is 0 Å². The molecule has 3 aromatic rings. The van der Waals surface area contributed by atoms with Gasteiger partial charge >= 0.3 is 0 Å². The third kappa shape index (κ3) is 3.80. The molecule has 0 radical (unpaired) electrons. The molecule has 1 aliphatic heterocycles. The highest BCUT2D eigenvalue weighted by Gasteiger charge is 2.41. The van der Waals surface area contributed by atoms with E-state index in [2.05, 4.69) is 10.3 Å². The van der Waals surface area contributed by atoms with E-state index in [0.717, 1.165) is 22.2 Å². The molecular formula is C23H23ClN2O3. The van der Waals surface area contributed by atoms with Gasteiger partial charge in [0.2, 0.25) is 5.91 Å². The van der Waals surface area contributed by atoms with Crippen molar-refractivity contribution >= 4 is 34.1 Å². The van der Waals surface area contributed by atoms with Crippen LogP contribution in [0.15, 0.2) is 54.7 Å². The van der Waals surface area contributed by atoms with E-state index in [1.165, 1.54) is 0 Å². The van der Waals surface area contributed by atoms with Crippen LogP contribution in [0.4, 0.5) is 5.69 Å². The van der Waals surface area contributed by atoms with Crippen molar-refractivity contribution in [3.8, 4) is 5.75 Å². The third-order valence-corrected chi connectivity index (χ3v) is 5.71. The molecule has 0 spiro atoms. The summed E-state index contributed by atoms with van der Waals surface area (Å²) >= 11 is 6.07. The summed E-state index contributed by atoms with van der Waals surface area (Å²) in [6, 6.07) is 15.1. The average Bonchev–Trinajstić information content (AvgIpc) is 2.76. The fourth-order valence-electron chi connectivity index (χ4n) is 3.91. The summed E-state index contributed by atoms with van der Waals surface area (Å²) in [7, 11) is 0. The minimum atomic E-state index is -0.657. The second-order valence-corrected chi connectivity index (χ2v) is 7.54. The van der Waals surface area contributed by atoms with Gasteiger partial charge in [-0.2, -0.15) is 0 Å². The smallest absolute Gasteiger partial charge is 0.235 e. The summed E-state index contributed by atoms with van der Waals surface area (Å²) in [5, 5.41) is 4.66. The minimum absolute atomic E-state index is 0.0440. The van der Waals surface area contributed by atoms with E-state index in [1.54, 1.807) is 6.20 Å². The molecule has 29 heavy (non-hydrogen) atoms. The Morgan fingerprint density at radius 1 is 1.17 bits per heavy atom. The first-order valence-corrected chi connectivity index (χ1v) is 10.2. The van der Waals surface area contributed by atoms with Crippen LogP contribution in [0.2, 0.25) is 5.02 Å². The van der Waals surface area contributed by atoms with Crippen LogP contribution in [0.25, 0.3) is 10.9 Å². The Morgan fingerprint density at radius 3 is 2.66 bits per heavy atom. The zero-order valence-electron chi connectivity index (χ0n) is 16.3. The summed E-state index contributed by atoms with van der Waals surface area (Å²) in [5.74, 6) is 0.664. The number of ether oxygens (including phenoxy) is 2. The fourth-order valence-corrected chi connectivity index (χ4v) is 4.03. The Hall–Kier alpha value is -2.63. The molecule has 0 saturated carbocycles. The first-order chi connectivity index (χ1) is 14.1. The Kier molecular flexibility index (Phi) is 5.69. The molecule has 0 unspecified atom stereocenters. The van der Waals surface area contributed by atoms with Crippen molar-refractivity contribution < 1.29 is 14.3 Å². The number of pyridine rings is 1. The largest absolute Gasteiger partial charge is 0.492 e. The Bertz CT molecular complexity index is 1010. The van der Waals surface area contributed by atoms with E-state index in [1.807, 2.05) is 55.5 Å². The molecule has 150 valence electrons. The molecule has 1 aliphatic rings. The van der Waals surface area contributed by atoms with E-state index < -0.39 is 5.41 Å². The van der Waals surface area contributed by atoms with Crippen molar-refractivity contribution in [2.24, 2.45) is 0 Å². The highest BCUT2D eigenvalue weighted by atomic mass is 35.5. The van der Waals surface area contributed by atoms with Crippen molar-refractivity contribution in [1.29, 1.82) is 0 Å². The molecule has 1 aromatic heterocycles. The van der Waals surface area contributed by atoms with Gasteiger partial charge in [0.25, 0.3) is 0 Å². The van der Waals surface area contributed by atoms with Crippen LogP contribution in [0.3, 0.4) is 0 Å². The van der Waals surface area contributed by atoms with E-state index in [4.69, 9.17) is 21.1 Å². The lowest BCUT2D eigenvalue weighted by Crippen LogP contribution is -2.44. The fraction of sp³-hybridized carbons (Fsp3) is 0.304. The van der Waals surface area contributed by atoms with Gasteiger partial charge in [0.05, 0.1) is 17.7 Å². The second-order valence-electron chi connectivity index (χ2n) is 7.10. The van der Waals surface area contributed by atoms with Crippen LogP contribution in [-0.4, -0.2) is 30.7 Å². The first kappa shape index (κ1) is 19.7. The number of benzene rings is 2. The van der Waals surface area contributed by atoms with E-state index in [9.17, 15) is 4.79 Å². The Labute approximate surface area is 175 Å². The Balaban J connectivity index is 1.72. The van der Waals surface area contributed by atoms with Gasteiger partial charge in [0.15, 0.2) is 0 Å². The maximum absolute atomic E-state index is 13.6. The number of nitrogens with one attached hydrogen (secondary N) is 1. The maximum Gasteiger partial charge on any atom is 0.235 e. The van der Waals surface area contributed by atoms with Crippen LogP contribution in [0.1, 0.15) is 25.3 Å². The molecule has 1 N–H and O–H groups in total. The van der Waals surface area contributed by atoms with Gasteiger partial charge in [0.1, 0.15) is 11.3 Å². The molecule has 2 heterocycles. The number of carbonyl (C=O) groups is 1. The van der Waals surface area contributed by atoms with Crippen molar-refractivity contribution in [2.75, 3.05) is 25.1 Å². The lowest BCUT2D eigenvalue weighted by molar-refractivity contribution is -0.125. The summed E-state index contributed by atoms with van der Waals surface area (Å²) in [6.07, 6.45) is 2.96. The number of carbonyl (C=O) groups excluding carboxylic acids is 1. The number of hydrogen-bond acceptors (Lipinski definition) is 4. The van der Waals surface area contributed by atoms with Crippen molar-refractivity contribution in [1.82, 2.24) is 4.98 Å². The number of aromatic nitrogens is 1. The third-order valence-electron chi connectivity index (χ3n) is 5.46. The quantitative estimate of drug-likeness (QED) is 0.644. The number of hydrogen-bond donors (Lipinski definition) is 1. The molecule has 4 rings (SSSR count). The highest BCUT2D eigenvalue weighted by Crippen LogP contribution is 2.38. The van der Waals surface area contributed by atoms with E-state index in [-0.39, 0.29) is 5.91 Å². The first-order valence-electron chi connectivity index (χ1n) is 9.80. The molecule has 2 aromatic carbocycles. The molecule has 1 fully saturated rings. The van der Waals surface area contributed by atoms with Crippen LogP contribution in [0.5, 0.6) is 5.75 Å². The molecule has 0 bridgehead atoms. The Morgan fingerprint density at radius 2 is 1.93 bits per heavy atom. The zero-order chi connectivity index (χ0) is 20.3. The summed E-state index contributed by atoms with van der Waals surface area (Å²) in [4.78, 5) is 18.0. The number of fused-ring (bicyclic) bond motifs is 1. The van der Waals surface area contributed by atoms with Crippen LogP contribution >= 0.6 is 11.6 Å². The molecular weight excluding hydrogens is 388 g/mol. The number of anilines is 1. The average molecular weight is 411 g/mol. The number of halogens is 1. The lowest BCUT2D eigenvalue weighted by Gasteiger charge is -2.36. The molecule has 0 aliphatic carbocycles. The lowest BCUT2D eigenvalue weighted by atomic mass is 9.73. The monoisotopic (exact) mass is 410 g/mol. The van der Waals surface area contributed by atoms with Crippen LogP contribution in [-0.2, 0) is 14.9 Å². The predicted octanol–water partition coefficient (Wildman–Crippen LogP) is 4.97. The van der Waals surface area contributed by atoms with Crippen LogP contribution in [0, 0.1) is 0 Å². The standard InChI is InChI=1S/C23H23ClN2O3/c1-2-29-20-10-9-19(18-4-3-13-25-21(18)20)26-22(27)23(11-14-28-15-12-23)16-5-7-17(24)8-6-16/h3-10,13H,2,11-12,14-15H2,1H3,(H,26,27). The second kappa shape index (κ2) is 8.39. The minimum Gasteiger partial charge on any atom is -0.492 e. The van der Waals surface area contributed by atoms with Gasteiger partial charge in [-0.15, -0.1) is 0 Å². The van der Waals surface area contributed by atoms with Crippen molar-refractivity contribution in [2.45, 2.75) is 25.2 Å². The van der Waals surface area contributed by atoms with Crippen molar-refractivity contribution in [3.05, 3.63) is 65.3 Å². The summed E-state index contributed by atoms with van der Waals surface area (Å²) in [5.41, 5.74) is 1.76. The summed E-state index contributed by atoms with van der Waals surface area (Å²) < 4.78 is 11.2. The number of nitrogens with zero attached hydrogens (tertiary/aromatic N) is 1. The van der Waals surface area contributed by atoms with Crippen molar-refractivity contribution in [3.63, 3.8) is 0 Å². The normalized spacial score (nSPS) is 15.8. The molecule has 0 atom stereocenters. The van der Waals surface area contributed by atoms with Gasteiger partial charge < -0.3 is 14.8 Å². The molecule has 1 amide bonds. The molecule has 1 saturated heterocycles. The van der Waals surface area contributed by atoms with Gasteiger partial charge in [-0.3, -0.25) is 9.78 Å². The summed E-state index contributed by atoms with van der Waals surface area (Å²) in [6.45, 7) is 3.58. The van der Waals surface area contributed by atoms with Gasteiger partial charge in [0, 0.05) is 29.8 Å². The predicted molar refractivity (Wildman–Crippen MR) is 115 cm³/mol. The SMILES string of the molecule is CCOc1ccc(NC(=O)C2(c3ccc(Cl)cc3)CCOCC2)c2cccnc12. The number of amides is 1. The topological polar surface area (TPSA) is 60.5 Å². The van der Waals surface area contributed by atoms with Crippen LogP contribution < -0.4 is 10.1 Å². The zero-order valence-corrected chi connectivity index (χ0v) is 17.0. The number of rotatable bonds is 5. The van der Waals surface area contributed by atoms with Gasteiger partial charge in [-0.1, -0.05) is 23.7 Å². The highest BCUT2D eigenvalue weighted by molar-refractivity contribution is 6.30. The van der Waals surface area contributed by atoms with E-state index in [0.29, 0.717) is 43.4 Å². The van der Waals surface area contributed by atoms with Gasteiger partial charge in [-0.05, 0) is 61.7 Å². The van der Waals surface area contributed by atoms with Gasteiger partial charge in [-0.25, -0.2) is 0 Å².